The summed E-state index contributed by atoms with van der Waals surface area (Å²) in [7, 11) is 0. The molecule has 6 heteroatoms. The summed E-state index contributed by atoms with van der Waals surface area (Å²) < 4.78 is 14.2. The van der Waals surface area contributed by atoms with Gasteiger partial charge in [0.15, 0.2) is 0 Å². The van der Waals surface area contributed by atoms with Crippen LogP contribution >= 0.6 is 0 Å². The Hall–Kier alpha value is -3.25. The molecule has 0 bridgehead atoms. The van der Waals surface area contributed by atoms with Crippen LogP contribution in [-0.2, 0) is 0 Å². The van der Waals surface area contributed by atoms with Crippen LogP contribution in [-0.4, -0.2) is 48.5 Å². The number of carbonyl (C=O) groups excluding carboxylic acids is 1. The number of aromatic nitrogens is 1. The molecular formula is C24H25FN4O. The zero-order valence-electron chi connectivity index (χ0n) is 16.7. The first-order valence-corrected chi connectivity index (χ1v) is 10.2. The molecule has 5 nitrogen and oxygen atoms in total. The van der Waals surface area contributed by atoms with E-state index < -0.39 is 0 Å². The van der Waals surface area contributed by atoms with Gasteiger partial charge in [-0.05, 0) is 35.9 Å². The zero-order valence-corrected chi connectivity index (χ0v) is 16.7. The van der Waals surface area contributed by atoms with Crippen molar-refractivity contribution >= 4 is 11.6 Å². The van der Waals surface area contributed by atoms with Crippen LogP contribution in [0.5, 0.6) is 0 Å². The molecule has 1 N–H and O–H groups in total. The monoisotopic (exact) mass is 404 g/mol. The van der Waals surface area contributed by atoms with E-state index in [2.05, 4.69) is 20.1 Å². The van der Waals surface area contributed by atoms with Crippen molar-refractivity contribution in [2.75, 3.05) is 37.6 Å². The minimum atomic E-state index is -0.190. The highest BCUT2D eigenvalue weighted by atomic mass is 19.1. The van der Waals surface area contributed by atoms with Gasteiger partial charge in [-0.25, -0.2) is 4.39 Å². The molecule has 3 aromatic rings. The molecule has 1 atom stereocenters. The summed E-state index contributed by atoms with van der Waals surface area (Å²) in [5.41, 5.74) is 2.35. The van der Waals surface area contributed by atoms with Gasteiger partial charge in [-0.3, -0.25) is 14.7 Å². The van der Waals surface area contributed by atoms with E-state index in [1.54, 1.807) is 12.3 Å². The fourth-order valence-electron chi connectivity index (χ4n) is 3.89. The molecule has 0 spiro atoms. The van der Waals surface area contributed by atoms with Gasteiger partial charge in [0.2, 0.25) is 0 Å². The Morgan fingerprint density at radius 3 is 2.40 bits per heavy atom. The highest BCUT2D eigenvalue weighted by Crippen LogP contribution is 2.25. The van der Waals surface area contributed by atoms with Gasteiger partial charge in [0.1, 0.15) is 5.82 Å². The lowest BCUT2D eigenvalue weighted by molar-refractivity contribution is 0.0930. The van der Waals surface area contributed by atoms with Crippen LogP contribution in [0.4, 0.5) is 10.1 Å². The van der Waals surface area contributed by atoms with E-state index in [9.17, 15) is 9.18 Å². The van der Waals surface area contributed by atoms with E-state index in [4.69, 9.17) is 0 Å². The molecule has 1 saturated heterocycles. The van der Waals surface area contributed by atoms with Gasteiger partial charge in [0.25, 0.3) is 5.91 Å². The first-order chi connectivity index (χ1) is 14.7. The summed E-state index contributed by atoms with van der Waals surface area (Å²) in [6, 6.07) is 20.1. The molecule has 1 amide bonds. The summed E-state index contributed by atoms with van der Waals surface area (Å²) in [4.78, 5) is 21.2. The van der Waals surface area contributed by atoms with Crippen molar-refractivity contribution in [3.8, 4) is 0 Å². The lowest BCUT2D eigenvalue weighted by atomic mass is 10.1. The van der Waals surface area contributed by atoms with E-state index in [0.29, 0.717) is 17.8 Å². The molecule has 154 valence electrons. The molecule has 2 heterocycles. The Morgan fingerprint density at radius 2 is 1.70 bits per heavy atom. The maximum absolute atomic E-state index is 14.2. The van der Waals surface area contributed by atoms with Gasteiger partial charge in [0, 0.05) is 50.7 Å². The average Bonchev–Trinajstić information content (AvgIpc) is 2.81. The summed E-state index contributed by atoms with van der Waals surface area (Å²) in [6.07, 6.45) is 3.60. The van der Waals surface area contributed by atoms with Crippen molar-refractivity contribution in [2.45, 2.75) is 6.04 Å². The van der Waals surface area contributed by atoms with Crippen molar-refractivity contribution in [1.82, 2.24) is 15.2 Å². The first-order valence-electron chi connectivity index (χ1n) is 10.2. The van der Waals surface area contributed by atoms with Gasteiger partial charge < -0.3 is 10.2 Å². The number of rotatable bonds is 6. The molecule has 1 aliphatic rings. The Balaban J connectivity index is 1.45. The minimum absolute atomic E-state index is 0.00846. The number of halogens is 1. The fraction of sp³-hybridized carbons (Fsp3) is 0.250. The molecule has 1 aliphatic heterocycles. The van der Waals surface area contributed by atoms with Crippen molar-refractivity contribution in [2.24, 2.45) is 0 Å². The number of pyridine rings is 1. The van der Waals surface area contributed by atoms with Crippen molar-refractivity contribution < 1.29 is 9.18 Å². The molecule has 0 aliphatic carbocycles. The number of para-hydroxylation sites is 1. The van der Waals surface area contributed by atoms with Gasteiger partial charge in [-0.1, -0.05) is 36.4 Å². The summed E-state index contributed by atoms with van der Waals surface area (Å²) in [5, 5.41) is 3.06. The average molecular weight is 404 g/mol. The quantitative estimate of drug-likeness (QED) is 0.683. The van der Waals surface area contributed by atoms with Crippen LogP contribution in [0.25, 0.3) is 0 Å². The lowest BCUT2D eigenvalue weighted by Crippen LogP contribution is -2.50. The van der Waals surface area contributed by atoms with Crippen molar-refractivity contribution in [3.05, 3.63) is 96.1 Å². The summed E-state index contributed by atoms with van der Waals surface area (Å²) >= 11 is 0. The summed E-state index contributed by atoms with van der Waals surface area (Å²) in [6.45, 7) is 3.48. The van der Waals surface area contributed by atoms with Crippen LogP contribution in [0.1, 0.15) is 22.0 Å². The van der Waals surface area contributed by atoms with Crippen molar-refractivity contribution in [3.63, 3.8) is 0 Å². The minimum Gasteiger partial charge on any atom is -0.367 e. The molecular weight excluding hydrogens is 379 g/mol. The third-order valence-electron chi connectivity index (χ3n) is 5.51. The van der Waals surface area contributed by atoms with Gasteiger partial charge in [-0.15, -0.1) is 0 Å². The van der Waals surface area contributed by atoms with Crippen LogP contribution in [0.15, 0.2) is 79.1 Å². The number of nitrogens with one attached hydrogen (secondary N) is 1. The summed E-state index contributed by atoms with van der Waals surface area (Å²) in [5.74, 6) is -0.278. The van der Waals surface area contributed by atoms with Gasteiger partial charge >= 0.3 is 0 Å². The van der Waals surface area contributed by atoms with Crippen LogP contribution in [0.2, 0.25) is 0 Å². The number of amides is 1. The number of carbonyl (C=O) groups is 1. The first kappa shape index (κ1) is 20.0. The second-order valence-corrected chi connectivity index (χ2v) is 7.35. The maximum Gasteiger partial charge on any atom is 0.251 e. The van der Waals surface area contributed by atoms with Gasteiger partial charge in [-0.2, -0.15) is 0 Å². The highest BCUT2D eigenvalue weighted by Gasteiger charge is 2.26. The molecule has 30 heavy (non-hydrogen) atoms. The Bertz CT molecular complexity index is 959. The topological polar surface area (TPSA) is 48.5 Å². The molecule has 0 saturated carbocycles. The predicted molar refractivity (Wildman–Crippen MR) is 116 cm³/mol. The number of piperazine rings is 1. The molecule has 2 aromatic carbocycles. The number of benzene rings is 2. The predicted octanol–water partition coefficient (Wildman–Crippen LogP) is 3.51. The Labute approximate surface area is 176 Å². The molecule has 0 radical (unpaired) electrons. The van der Waals surface area contributed by atoms with Crippen LogP contribution in [0.3, 0.4) is 0 Å². The molecule has 1 fully saturated rings. The molecule has 1 aromatic heterocycles. The van der Waals surface area contributed by atoms with E-state index in [1.165, 1.54) is 6.07 Å². The smallest absolute Gasteiger partial charge is 0.251 e. The number of anilines is 1. The Kier molecular flexibility index (Phi) is 6.35. The number of nitrogens with zero attached hydrogens (tertiary/aromatic N) is 3. The maximum atomic E-state index is 14.2. The normalized spacial score (nSPS) is 15.6. The third kappa shape index (κ3) is 4.66. The molecule has 4 rings (SSSR count). The second-order valence-electron chi connectivity index (χ2n) is 7.35. The van der Waals surface area contributed by atoms with Crippen LogP contribution < -0.4 is 10.2 Å². The largest absolute Gasteiger partial charge is 0.367 e. The number of hydrogen-bond acceptors (Lipinski definition) is 4. The van der Waals surface area contributed by atoms with E-state index in [1.807, 2.05) is 60.8 Å². The second kappa shape index (κ2) is 9.50. The van der Waals surface area contributed by atoms with Crippen LogP contribution in [0, 0.1) is 5.82 Å². The number of hydrogen-bond donors (Lipinski definition) is 1. The van der Waals surface area contributed by atoms with E-state index in [-0.39, 0.29) is 17.8 Å². The highest BCUT2D eigenvalue weighted by molar-refractivity contribution is 5.94. The molecule has 0 unspecified atom stereocenters. The van der Waals surface area contributed by atoms with E-state index in [0.717, 1.165) is 31.7 Å². The van der Waals surface area contributed by atoms with E-state index >= 15 is 0 Å². The standard InChI is InChI=1S/C24H25FN4O/c25-21-10-4-5-11-22(21)28-13-15-29(16-14-28)23(20-9-6-12-26-17-20)18-27-24(30)19-7-2-1-3-8-19/h1-12,17,23H,13-16,18H2,(H,27,30)/t23-/m0/s1. The fourth-order valence-corrected chi connectivity index (χ4v) is 3.89. The Morgan fingerprint density at radius 1 is 0.967 bits per heavy atom. The van der Waals surface area contributed by atoms with Crippen molar-refractivity contribution in [1.29, 1.82) is 0 Å². The zero-order chi connectivity index (χ0) is 20.8. The SMILES string of the molecule is O=C(NC[C@@H](c1cccnc1)N1CCN(c2ccccc2F)CC1)c1ccccc1. The third-order valence-corrected chi connectivity index (χ3v) is 5.51. The van der Waals surface area contributed by atoms with Gasteiger partial charge in [0.05, 0.1) is 11.7 Å². The lowest BCUT2D eigenvalue weighted by Gasteiger charge is -2.40.